The molecule has 1 amide bonds. The number of carbonyl (C=O) groups is 2. The van der Waals surface area contributed by atoms with E-state index < -0.39 is 5.24 Å². The second-order valence-corrected chi connectivity index (χ2v) is 7.78. The van der Waals surface area contributed by atoms with E-state index in [-0.39, 0.29) is 17.1 Å². The van der Waals surface area contributed by atoms with Gasteiger partial charge >= 0.3 is 0 Å². The molecule has 3 aromatic carbocycles. The number of carbonyl (C=O) groups excluding carboxylic acids is 2. The number of halogens is 1. The van der Waals surface area contributed by atoms with Crippen LogP contribution in [0.15, 0.2) is 72.8 Å². The SMILES string of the molecule is CN(C(=O)c1ccc(C(C)(C)c2ccc(O)cc2)cc1)c1cccc(C(=O)Cl)c1. The summed E-state index contributed by atoms with van der Waals surface area (Å²) in [6.45, 7) is 4.19. The third-order valence-corrected chi connectivity index (χ3v) is 5.43. The Morgan fingerprint density at radius 1 is 0.862 bits per heavy atom. The maximum absolute atomic E-state index is 12.9. The molecule has 0 aromatic heterocycles. The maximum atomic E-state index is 12.9. The Labute approximate surface area is 175 Å². The highest BCUT2D eigenvalue weighted by molar-refractivity contribution is 6.67. The summed E-state index contributed by atoms with van der Waals surface area (Å²) in [5.41, 5.74) is 3.31. The third kappa shape index (κ3) is 4.33. The van der Waals surface area contributed by atoms with Gasteiger partial charge in [-0.2, -0.15) is 0 Å². The Hall–Kier alpha value is -3.11. The number of nitrogens with zero attached hydrogens (tertiary/aromatic N) is 1. The minimum Gasteiger partial charge on any atom is -0.508 e. The first kappa shape index (κ1) is 20.6. The normalized spacial score (nSPS) is 11.2. The fourth-order valence-corrected chi connectivity index (χ4v) is 3.34. The lowest BCUT2D eigenvalue weighted by atomic mass is 9.78. The number of rotatable bonds is 5. The standard InChI is InChI=1S/C24H22ClNO3/c1-24(2,19-11-13-21(27)14-12-19)18-9-7-16(8-10-18)23(29)26(3)20-6-4-5-17(15-20)22(25)28/h4-15,27H,1-3H3. The minimum absolute atomic E-state index is 0.182. The largest absolute Gasteiger partial charge is 0.508 e. The highest BCUT2D eigenvalue weighted by Crippen LogP contribution is 2.32. The van der Waals surface area contributed by atoms with Crippen LogP contribution in [0.25, 0.3) is 0 Å². The molecule has 0 aliphatic carbocycles. The van der Waals surface area contributed by atoms with Gasteiger partial charge in [0.1, 0.15) is 5.75 Å². The third-order valence-electron chi connectivity index (χ3n) is 5.21. The predicted molar refractivity (Wildman–Crippen MR) is 116 cm³/mol. The lowest BCUT2D eigenvalue weighted by molar-refractivity contribution is 0.0991. The van der Waals surface area contributed by atoms with Gasteiger partial charge in [0.2, 0.25) is 0 Å². The van der Waals surface area contributed by atoms with Crippen molar-refractivity contribution in [2.45, 2.75) is 19.3 Å². The smallest absolute Gasteiger partial charge is 0.258 e. The van der Waals surface area contributed by atoms with Gasteiger partial charge in [0, 0.05) is 29.3 Å². The van der Waals surface area contributed by atoms with Crippen molar-refractivity contribution in [3.05, 3.63) is 95.1 Å². The molecule has 4 nitrogen and oxygen atoms in total. The van der Waals surface area contributed by atoms with Crippen LogP contribution in [0.4, 0.5) is 5.69 Å². The van der Waals surface area contributed by atoms with Crippen molar-refractivity contribution >= 4 is 28.4 Å². The van der Waals surface area contributed by atoms with Crippen molar-refractivity contribution in [3.8, 4) is 5.75 Å². The zero-order valence-electron chi connectivity index (χ0n) is 16.5. The first-order valence-corrected chi connectivity index (χ1v) is 9.56. The molecule has 0 bridgehead atoms. The quantitative estimate of drug-likeness (QED) is 0.578. The van der Waals surface area contributed by atoms with E-state index in [0.29, 0.717) is 16.8 Å². The first-order chi connectivity index (χ1) is 13.7. The predicted octanol–water partition coefficient (Wildman–Crippen LogP) is 5.37. The van der Waals surface area contributed by atoms with E-state index in [1.807, 2.05) is 24.3 Å². The molecule has 0 aliphatic rings. The molecule has 0 saturated heterocycles. The first-order valence-electron chi connectivity index (χ1n) is 9.18. The van der Waals surface area contributed by atoms with Crippen LogP contribution in [0.5, 0.6) is 5.75 Å². The summed E-state index contributed by atoms with van der Waals surface area (Å²) in [5.74, 6) is 0.0478. The fraction of sp³-hybridized carbons (Fsp3) is 0.167. The second-order valence-electron chi connectivity index (χ2n) is 7.44. The van der Waals surface area contributed by atoms with Crippen LogP contribution < -0.4 is 4.90 Å². The fourth-order valence-electron chi connectivity index (χ4n) is 3.22. The molecule has 3 rings (SSSR count). The number of hydrogen-bond acceptors (Lipinski definition) is 3. The number of phenols is 1. The van der Waals surface area contributed by atoms with Gasteiger partial charge in [-0.25, -0.2) is 0 Å². The Morgan fingerprint density at radius 2 is 1.41 bits per heavy atom. The zero-order valence-corrected chi connectivity index (χ0v) is 17.3. The molecule has 5 heteroatoms. The van der Waals surface area contributed by atoms with E-state index >= 15 is 0 Å². The molecule has 0 spiro atoms. The Bertz CT molecular complexity index is 1040. The molecule has 0 atom stereocenters. The molecule has 0 unspecified atom stereocenters. The van der Waals surface area contributed by atoms with Crippen LogP contribution in [0, 0.1) is 0 Å². The van der Waals surface area contributed by atoms with Crippen molar-refractivity contribution in [2.24, 2.45) is 0 Å². The van der Waals surface area contributed by atoms with E-state index in [9.17, 15) is 14.7 Å². The van der Waals surface area contributed by atoms with E-state index in [4.69, 9.17) is 11.6 Å². The molecular formula is C24H22ClNO3. The Balaban J connectivity index is 1.84. The number of benzene rings is 3. The van der Waals surface area contributed by atoms with Crippen LogP contribution in [-0.2, 0) is 5.41 Å². The van der Waals surface area contributed by atoms with Crippen molar-refractivity contribution in [1.82, 2.24) is 0 Å². The van der Waals surface area contributed by atoms with Gasteiger partial charge in [-0.1, -0.05) is 44.2 Å². The van der Waals surface area contributed by atoms with Crippen LogP contribution in [0.2, 0.25) is 0 Å². The number of aromatic hydroxyl groups is 1. The topological polar surface area (TPSA) is 57.6 Å². The number of amides is 1. The monoisotopic (exact) mass is 407 g/mol. The molecule has 29 heavy (non-hydrogen) atoms. The molecule has 0 heterocycles. The maximum Gasteiger partial charge on any atom is 0.258 e. The van der Waals surface area contributed by atoms with Crippen molar-refractivity contribution in [2.75, 3.05) is 11.9 Å². The lowest BCUT2D eigenvalue weighted by Gasteiger charge is -2.26. The van der Waals surface area contributed by atoms with Gasteiger partial charge in [-0.3, -0.25) is 9.59 Å². The lowest BCUT2D eigenvalue weighted by Crippen LogP contribution is -2.26. The van der Waals surface area contributed by atoms with Gasteiger partial charge in [0.05, 0.1) is 0 Å². The van der Waals surface area contributed by atoms with Gasteiger partial charge in [0.15, 0.2) is 0 Å². The number of phenolic OH excluding ortho intramolecular Hbond substituents is 1. The van der Waals surface area contributed by atoms with E-state index in [2.05, 4.69) is 13.8 Å². The van der Waals surface area contributed by atoms with Crippen LogP contribution in [-0.4, -0.2) is 23.3 Å². The average molecular weight is 408 g/mol. The average Bonchev–Trinajstić information content (AvgIpc) is 2.73. The van der Waals surface area contributed by atoms with Crippen LogP contribution in [0.3, 0.4) is 0 Å². The van der Waals surface area contributed by atoms with Gasteiger partial charge in [-0.15, -0.1) is 0 Å². The van der Waals surface area contributed by atoms with Crippen LogP contribution >= 0.6 is 11.6 Å². The van der Waals surface area contributed by atoms with Crippen LogP contribution in [0.1, 0.15) is 45.7 Å². The molecule has 0 aliphatic heterocycles. The highest BCUT2D eigenvalue weighted by atomic mass is 35.5. The molecule has 148 valence electrons. The second kappa shape index (κ2) is 8.10. The summed E-state index contributed by atoms with van der Waals surface area (Å²) in [6.07, 6.45) is 0. The number of anilines is 1. The molecule has 0 radical (unpaired) electrons. The van der Waals surface area contributed by atoms with Gasteiger partial charge in [-0.05, 0) is 65.2 Å². The summed E-state index contributed by atoms with van der Waals surface area (Å²) < 4.78 is 0. The molecule has 0 fully saturated rings. The molecular weight excluding hydrogens is 386 g/mol. The minimum atomic E-state index is -0.562. The zero-order chi connectivity index (χ0) is 21.2. The summed E-state index contributed by atoms with van der Waals surface area (Å²) in [6, 6.07) is 21.3. The summed E-state index contributed by atoms with van der Waals surface area (Å²) in [7, 11) is 1.66. The van der Waals surface area contributed by atoms with Gasteiger partial charge in [0.25, 0.3) is 11.1 Å². The molecule has 3 aromatic rings. The molecule has 0 saturated carbocycles. The van der Waals surface area contributed by atoms with Crippen molar-refractivity contribution < 1.29 is 14.7 Å². The van der Waals surface area contributed by atoms with E-state index in [1.165, 1.54) is 4.90 Å². The van der Waals surface area contributed by atoms with Gasteiger partial charge < -0.3 is 10.0 Å². The number of hydrogen-bond donors (Lipinski definition) is 1. The summed E-state index contributed by atoms with van der Waals surface area (Å²) >= 11 is 5.54. The van der Waals surface area contributed by atoms with Crippen molar-refractivity contribution in [1.29, 1.82) is 0 Å². The Kier molecular flexibility index (Phi) is 5.76. The molecule has 1 N–H and O–H groups in total. The highest BCUT2D eigenvalue weighted by Gasteiger charge is 2.24. The van der Waals surface area contributed by atoms with Crippen molar-refractivity contribution in [3.63, 3.8) is 0 Å². The van der Waals surface area contributed by atoms with E-state index in [0.717, 1.165) is 11.1 Å². The van der Waals surface area contributed by atoms with E-state index in [1.54, 1.807) is 55.6 Å². The summed E-state index contributed by atoms with van der Waals surface area (Å²) in [5, 5.41) is 8.95. The summed E-state index contributed by atoms with van der Waals surface area (Å²) in [4.78, 5) is 25.7. The Morgan fingerprint density at radius 3 is 1.97 bits per heavy atom.